The second kappa shape index (κ2) is 7.63. The van der Waals surface area contributed by atoms with Gasteiger partial charge < -0.3 is 9.47 Å². The first kappa shape index (κ1) is 16.0. The van der Waals surface area contributed by atoms with E-state index < -0.39 is 0 Å². The van der Waals surface area contributed by atoms with Gasteiger partial charge in [-0.2, -0.15) is 0 Å². The van der Waals surface area contributed by atoms with E-state index in [1.165, 1.54) is 51.9 Å². The molecular weight excluding hydrogens is 276 g/mol. The third kappa shape index (κ3) is 3.73. The minimum atomic E-state index is -0.170. The lowest BCUT2D eigenvalue weighted by Gasteiger charge is -2.47. The molecule has 0 aromatic rings. The SMILES string of the molecule is CC(=O)OCCCC[C@H]1O[C@H]2CCCC[C@H]2C2=CCCC[C@@H]21. The van der Waals surface area contributed by atoms with Crippen LogP contribution in [-0.4, -0.2) is 24.8 Å². The van der Waals surface area contributed by atoms with E-state index >= 15 is 0 Å². The molecule has 3 aliphatic rings. The Hall–Kier alpha value is -0.830. The molecule has 1 saturated carbocycles. The molecule has 0 unspecified atom stereocenters. The van der Waals surface area contributed by atoms with Gasteiger partial charge in [0.2, 0.25) is 0 Å². The summed E-state index contributed by atoms with van der Waals surface area (Å²) in [6.07, 6.45) is 15.8. The smallest absolute Gasteiger partial charge is 0.302 e. The van der Waals surface area contributed by atoms with Crippen molar-refractivity contribution in [3.05, 3.63) is 11.6 Å². The molecule has 1 saturated heterocycles. The number of unbranched alkanes of at least 4 members (excludes halogenated alkanes) is 1. The molecule has 0 amide bonds. The fourth-order valence-corrected chi connectivity index (χ4v) is 4.64. The monoisotopic (exact) mass is 306 g/mol. The Labute approximate surface area is 134 Å². The van der Waals surface area contributed by atoms with Crippen LogP contribution in [0.3, 0.4) is 0 Å². The number of rotatable bonds is 5. The minimum Gasteiger partial charge on any atom is -0.466 e. The topological polar surface area (TPSA) is 35.5 Å². The second-order valence-corrected chi connectivity index (χ2v) is 7.18. The number of hydrogen-bond acceptors (Lipinski definition) is 3. The number of allylic oxidation sites excluding steroid dienone is 1. The molecule has 1 aliphatic heterocycles. The van der Waals surface area contributed by atoms with Gasteiger partial charge in [0.05, 0.1) is 18.8 Å². The molecule has 0 N–H and O–H groups in total. The van der Waals surface area contributed by atoms with Crippen molar-refractivity contribution in [1.29, 1.82) is 0 Å². The van der Waals surface area contributed by atoms with Gasteiger partial charge in [0.1, 0.15) is 0 Å². The zero-order chi connectivity index (χ0) is 15.4. The number of carbonyl (C=O) groups excluding carboxylic acids is 1. The van der Waals surface area contributed by atoms with Crippen LogP contribution in [0.5, 0.6) is 0 Å². The summed E-state index contributed by atoms with van der Waals surface area (Å²) in [5, 5.41) is 0. The van der Waals surface area contributed by atoms with Crippen LogP contribution in [-0.2, 0) is 14.3 Å². The molecule has 0 spiro atoms. The molecule has 0 aromatic carbocycles. The van der Waals surface area contributed by atoms with E-state index in [4.69, 9.17) is 9.47 Å². The Balaban J connectivity index is 1.55. The lowest BCUT2D eigenvalue weighted by atomic mass is 9.68. The summed E-state index contributed by atoms with van der Waals surface area (Å²) in [6.45, 7) is 2.04. The predicted octanol–water partition coefficient (Wildman–Crippen LogP) is 4.40. The molecule has 2 aliphatic carbocycles. The summed E-state index contributed by atoms with van der Waals surface area (Å²) < 4.78 is 11.6. The average molecular weight is 306 g/mol. The summed E-state index contributed by atoms with van der Waals surface area (Å²) in [7, 11) is 0. The van der Waals surface area contributed by atoms with E-state index in [9.17, 15) is 4.79 Å². The Morgan fingerprint density at radius 2 is 2.00 bits per heavy atom. The molecule has 3 rings (SSSR count). The molecular formula is C19H30O3. The zero-order valence-corrected chi connectivity index (χ0v) is 13.9. The first-order valence-corrected chi connectivity index (χ1v) is 9.24. The van der Waals surface area contributed by atoms with Crippen molar-refractivity contribution in [1.82, 2.24) is 0 Å². The van der Waals surface area contributed by atoms with Crippen LogP contribution in [0.15, 0.2) is 11.6 Å². The van der Waals surface area contributed by atoms with Gasteiger partial charge in [-0.15, -0.1) is 0 Å². The maximum Gasteiger partial charge on any atom is 0.302 e. The van der Waals surface area contributed by atoms with Crippen LogP contribution in [0.25, 0.3) is 0 Å². The molecule has 22 heavy (non-hydrogen) atoms. The standard InChI is InChI=1S/C19H30O3/c1-14(20)21-13-7-6-12-19-16-9-3-2-8-15(16)17-10-4-5-11-18(17)22-19/h8,16-19H,2-7,9-13H2,1H3/t16-,17-,18-,19+/m0/s1. The molecule has 2 fully saturated rings. The van der Waals surface area contributed by atoms with Crippen LogP contribution >= 0.6 is 0 Å². The van der Waals surface area contributed by atoms with E-state index in [1.54, 1.807) is 5.57 Å². The van der Waals surface area contributed by atoms with Gasteiger partial charge in [0, 0.05) is 18.8 Å². The maximum atomic E-state index is 10.8. The van der Waals surface area contributed by atoms with E-state index in [1.807, 2.05) is 0 Å². The highest BCUT2D eigenvalue weighted by molar-refractivity contribution is 5.65. The summed E-state index contributed by atoms with van der Waals surface area (Å²) in [6, 6.07) is 0. The van der Waals surface area contributed by atoms with Gasteiger partial charge in [-0.25, -0.2) is 0 Å². The summed E-state index contributed by atoms with van der Waals surface area (Å²) >= 11 is 0. The minimum absolute atomic E-state index is 0.170. The van der Waals surface area contributed by atoms with Crippen LogP contribution in [0.4, 0.5) is 0 Å². The summed E-state index contributed by atoms with van der Waals surface area (Å²) in [5.41, 5.74) is 1.74. The number of fused-ring (bicyclic) bond motifs is 3. The van der Waals surface area contributed by atoms with E-state index in [2.05, 4.69) is 6.08 Å². The molecule has 124 valence electrons. The molecule has 3 nitrogen and oxygen atoms in total. The fraction of sp³-hybridized carbons (Fsp3) is 0.842. The number of hydrogen-bond donors (Lipinski definition) is 0. The maximum absolute atomic E-state index is 10.8. The molecule has 4 atom stereocenters. The van der Waals surface area contributed by atoms with Crippen LogP contribution in [0, 0.1) is 11.8 Å². The lowest BCUT2D eigenvalue weighted by Crippen LogP contribution is -2.45. The van der Waals surface area contributed by atoms with Crippen molar-refractivity contribution in [2.24, 2.45) is 11.8 Å². The van der Waals surface area contributed by atoms with Gasteiger partial charge in [0.25, 0.3) is 0 Å². The number of esters is 1. The fourth-order valence-electron chi connectivity index (χ4n) is 4.64. The van der Waals surface area contributed by atoms with Crippen molar-refractivity contribution in [3.8, 4) is 0 Å². The predicted molar refractivity (Wildman–Crippen MR) is 86.5 cm³/mol. The third-order valence-electron chi connectivity index (χ3n) is 5.64. The third-order valence-corrected chi connectivity index (χ3v) is 5.64. The molecule has 3 heteroatoms. The first-order chi connectivity index (χ1) is 10.8. The van der Waals surface area contributed by atoms with E-state index in [0.29, 0.717) is 24.7 Å². The molecule has 0 radical (unpaired) electrons. The van der Waals surface area contributed by atoms with Crippen molar-refractivity contribution < 1.29 is 14.3 Å². The van der Waals surface area contributed by atoms with Gasteiger partial charge in [-0.1, -0.05) is 24.5 Å². The van der Waals surface area contributed by atoms with Crippen molar-refractivity contribution in [2.75, 3.05) is 6.61 Å². The largest absolute Gasteiger partial charge is 0.466 e. The van der Waals surface area contributed by atoms with E-state index in [0.717, 1.165) is 25.2 Å². The van der Waals surface area contributed by atoms with Crippen molar-refractivity contribution in [2.45, 2.75) is 83.3 Å². The van der Waals surface area contributed by atoms with Gasteiger partial charge in [-0.3, -0.25) is 4.79 Å². The van der Waals surface area contributed by atoms with Crippen LogP contribution in [0.2, 0.25) is 0 Å². The Morgan fingerprint density at radius 1 is 1.18 bits per heavy atom. The summed E-state index contributed by atoms with van der Waals surface area (Å²) in [5.74, 6) is 1.22. The Kier molecular flexibility index (Phi) is 5.56. The van der Waals surface area contributed by atoms with Crippen molar-refractivity contribution >= 4 is 5.97 Å². The Morgan fingerprint density at radius 3 is 2.86 bits per heavy atom. The highest BCUT2D eigenvalue weighted by Gasteiger charge is 2.42. The molecule has 0 aromatic heterocycles. The number of ether oxygens (including phenoxy) is 2. The van der Waals surface area contributed by atoms with Crippen LogP contribution in [0.1, 0.15) is 71.1 Å². The quantitative estimate of drug-likeness (QED) is 0.429. The lowest BCUT2D eigenvalue weighted by molar-refractivity contribution is -0.141. The molecule has 0 bridgehead atoms. The Bertz CT molecular complexity index is 415. The van der Waals surface area contributed by atoms with Gasteiger partial charge in [-0.05, 0) is 51.4 Å². The average Bonchev–Trinajstić information content (AvgIpc) is 2.54. The van der Waals surface area contributed by atoms with Gasteiger partial charge >= 0.3 is 5.97 Å². The first-order valence-electron chi connectivity index (χ1n) is 9.24. The highest BCUT2D eigenvalue weighted by Crippen LogP contribution is 2.47. The second-order valence-electron chi connectivity index (χ2n) is 7.18. The molecule has 1 heterocycles. The van der Waals surface area contributed by atoms with Crippen molar-refractivity contribution in [3.63, 3.8) is 0 Å². The highest BCUT2D eigenvalue weighted by atomic mass is 16.5. The van der Waals surface area contributed by atoms with Crippen LogP contribution < -0.4 is 0 Å². The van der Waals surface area contributed by atoms with Gasteiger partial charge in [0.15, 0.2) is 0 Å². The van der Waals surface area contributed by atoms with E-state index in [-0.39, 0.29) is 5.97 Å². The normalized spacial score (nSPS) is 34.3. The zero-order valence-electron chi connectivity index (χ0n) is 13.9. The summed E-state index contributed by atoms with van der Waals surface area (Å²) in [4.78, 5) is 10.8. The number of carbonyl (C=O) groups is 1.